The molecule has 0 radical (unpaired) electrons. The third kappa shape index (κ3) is 2.60. The van der Waals surface area contributed by atoms with Crippen LogP contribution < -0.4 is 10.2 Å². The van der Waals surface area contributed by atoms with Crippen LogP contribution in [0.5, 0.6) is 0 Å². The van der Waals surface area contributed by atoms with Gasteiger partial charge in [-0.05, 0) is 18.9 Å². The molecule has 3 rings (SSSR count). The summed E-state index contributed by atoms with van der Waals surface area (Å²) in [6.45, 7) is 2.03. The molecule has 1 aromatic carbocycles. The first-order chi connectivity index (χ1) is 9.78. The Balaban J connectivity index is 2.06. The fourth-order valence-electron chi connectivity index (χ4n) is 2.30. The molecular weight excluding hydrogens is 318 g/mol. The maximum atomic E-state index is 4.63. The molecule has 1 aliphatic heterocycles. The van der Waals surface area contributed by atoms with Crippen LogP contribution in [0.25, 0.3) is 11.4 Å². The van der Waals surface area contributed by atoms with Gasteiger partial charge >= 0.3 is 0 Å². The largest absolute Gasteiger partial charge is 0.357 e. The minimum Gasteiger partial charge on any atom is -0.357 e. The van der Waals surface area contributed by atoms with Crippen molar-refractivity contribution in [3.05, 3.63) is 28.7 Å². The Hall–Kier alpha value is -1.69. The number of hydrogen-bond donors (Lipinski definition) is 1. The van der Waals surface area contributed by atoms with Crippen LogP contribution in [0.3, 0.4) is 0 Å². The second-order valence-electron chi connectivity index (χ2n) is 4.71. The van der Waals surface area contributed by atoms with Crippen LogP contribution in [0.1, 0.15) is 12.8 Å². The molecule has 1 N–H and O–H groups in total. The summed E-state index contributed by atoms with van der Waals surface area (Å²) >= 11 is 3.55. The highest BCUT2D eigenvalue weighted by atomic mass is 79.9. The van der Waals surface area contributed by atoms with Gasteiger partial charge in [-0.3, -0.25) is 0 Å². The number of nitrogens with zero attached hydrogens (tertiary/aromatic N) is 4. The molecule has 0 aliphatic carbocycles. The van der Waals surface area contributed by atoms with Gasteiger partial charge in [0, 0.05) is 30.2 Å². The van der Waals surface area contributed by atoms with Crippen LogP contribution in [0.4, 0.5) is 11.9 Å². The lowest BCUT2D eigenvalue weighted by atomic mass is 10.2. The van der Waals surface area contributed by atoms with Crippen molar-refractivity contribution in [2.24, 2.45) is 0 Å². The van der Waals surface area contributed by atoms with Gasteiger partial charge < -0.3 is 10.2 Å². The van der Waals surface area contributed by atoms with Crippen LogP contribution in [-0.4, -0.2) is 35.1 Å². The first-order valence-electron chi connectivity index (χ1n) is 6.71. The quantitative estimate of drug-likeness (QED) is 0.935. The van der Waals surface area contributed by atoms with Gasteiger partial charge in [0.2, 0.25) is 11.9 Å². The highest BCUT2D eigenvalue weighted by Crippen LogP contribution is 2.27. The van der Waals surface area contributed by atoms with E-state index in [-0.39, 0.29) is 0 Å². The summed E-state index contributed by atoms with van der Waals surface area (Å²) in [6, 6.07) is 7.97. The fourth-order valence-corrected chi connectivity index (χ4v) is 2.76. The number of nitrogens with one attached hydrogen (secondary N) is 1. The van der Waals surface area contributed by atoms with Gasteiger partial charge in [-0.2, -0.15) is 15.0 Å². The Bertz CT molecular complexity index is 610. The van der Waals surface area contributed by atoms with Gasteiger partial charge in [0.25, 0.3) is 0 Å². The Labute approximate surface area is 126 Å². The van der Waals surface area contributed by atoms with Gasteiger partial charge in [0.1, 0.15) is 0 Å². The molecule has 0 atom stereocenters. The van der Waals surface area contributed by atoms with E-state index in [2.05, 4.69) is 41.1 Å². The summed E-state index contributed by atoms with van der Waals surface area (Å²) in [5, 5.41) is 3.02. The molecule has 2 heterocycles. The lowest BCUT2D eigenvalue weighted by Gasteiger charge is -2.16. The molecule has 2 aromatic rings. The first kappa shape index (κ1) is 13.3. The van der Waals surface area contributed by atoms with Crippen molar-refractivity contribution in [3.8, 4) is 11.4 Å². The predicted molar refractivity (Wildman–Crippen MR) is 84.0 cm³/mol. The predicted octanol–water partition coefficient (Wildman–Crippen LogP) is 2.94. The second-order valence-corrected chi connectivity index (χ2v) is 5.56. The van der Waals surface area contributed by atoms with Gasteiger partial charge in [-0.25, -0.2) is 0 Å². The van der Waals surface area contributed by atoms with Crippen LogP contribution >= 0.6 is 15.9 Å². The standard InChI is InChI=1S/C14H16BrN5/c1-16-13-17-12(10-6-2-3-7-11(10)15)18-14(19-13)20-8-4-5-9-20/h2-3,6-7H,4-5,8-9H2,1H3,(H,16,17,18,19). The van der Waals surface area contributed by atoms with Gasteiger partial charge in [0.05, 0.1) is 0 Å². The van der Waals surface area contributed by atoms with Crippen molar-refractivity contribution in [2.75, 3.05) is 30.4 Å². The van der Waals surface area contributed by atoms with Crippen molar-refractivity contribution >= 4 is 27.8 Å². The first-order valence-corrected chi connectivity index (χ1v) is 7.51. The zero-order valence-corrected chi connectivity index (χ0v) is 12.9. The van der Waals surface area contributed by atoms with Gasteiger partial charge in [-0.15, -0.1) is 0 Å². The summed E-state index contributed by atoms with van der Waals surface area (Å²) in [5.74, 6) is 2.05. The zero-order chi connectivity index (χ0) is 13.9. The summed E-state index contributed by atoms with van der Waals surface area (Å²) in [6.07, 6.45) is 2.40. The fraction of sp³-hybridized carbons (Fsp3) is 0.357. The molecule has 0 spiro atoms. The minimum absolute atomic E-state index is 0.604. The summed E-state index contributed by atoms with van der Waals surface area (Å²) in [7, 11) is 1.83. The van der Waals surface area contributed by atoms with Gasteiger partial charge in [0.15, 0.2) is 5.82 Å². The Morgan fingerprint density at radius 3 is 2.55 bits per heavy atom. The smallest absolute Gasteiger partial charge is 0.230 e. The van der Waals surface area contributed by atoms with E-state index in [1.165, 1.54) is 12.8 Å². The van der Waals surface area contributed by atoms with E-state index >= 15 is 0 Å². The van der Waals surface area contributed by atoms with Crippen molar-refractivity contribution < 1.29 is 0 Å². The second kappa shape index (κ2) is 5.75. The Kier molecular flexibility index (Phi) is 3.82. The summed E-state index contributed by atoms with van der Waals surface area (Å²) in [5.41, 5.74) is 0.979. The summed E-state index contributed by atoms with van der Waals surface area (Å²) < 4.78 is 0.987. The molecule has 0 bridgehead atoms. The molecule has 20 heavy (non-hydrogen) atoms. The van der Waals surface area contributed by atoms with Crippen molar-refractivity contribution in [1.82, 2.24) is 15.0 Å². The Morgan fingerprint density at radius 1 is 1.10 bits per heavy atom. The molecular formula is C14H16BrN5. The molecule has 5 nitrogen and oxygen atoms in total. The van der Waals surface area contributed by atoms with E-state index in [4.69, 9.17) is 0 Å². The number of halogens is 1. The third-order valence-corrected chi connectivity index (χ3v) is 4.04. The molecule has 1 aliphatic rings. The number of anilines is 2. The van der Waals surface area contributed by atoms with E-state index in [9.17, 15) is 0 Å². The lowest BCUT2D eigenvalue weighted by molar-refractivity contribution is 0.884. The maximum Gasteiger partial charge on any atom is 0.230 e. The lowest BCUT2D eigenvalue weighted by Crippen LogP contribution is -2.21. The zero-order valence-electron chi connectivity index (χ0n) is 11.3. The van der Waals surface area contributed by atoms with Crippen LogP contribution in [-0.2, 0) is 0 Å². The minimum atomic E-state index is 0.604. The number of hydrogen-bond acceptors (Lipinski definition) is 5. The number of benzene rings is 1. The Morgan fingerprint density at radius 2 is 1.85 bits per heavy atom. The van der Waals surface area contributed by atoms with E-state index < -0.39 is 0 Å². The topological polar surface area (TPSA) is 53.9 Å². The maximum absolute atomic E-state index is 4.63. The van der Waals surface area contributed by atoms with Crippen molar-refractivity contribution in [3.63, 3.8) is 0 Å². The number of aromatic nitrogens is 3. The van der Waals surface area contributed by atoms with Gasteiger partial charge in [-0.1, -0.05) is 34.1 Å². The third-order valence-electron chi connectivity index (χ3n) is 3.35. The molecule has 1 aromatic heterocycles. The monoisotopic (exact) mass is 333 g/mol. The molecule has 1 saturated heterocycles. The average molecular weight is 334 g/mol. The molecule has 1 fully saturated rings. The molecule has 0 unspecified atom stereocenters. The van der Waals surface area contributed by atoms with E-state index in [1.54, 1.807) is 0 Å². The highest BCUT2D eigenvalue weighted by Gasteiger charge is 2.18. The normalized spacial score (nSPS) is 14.6. The van der Waals surface area contributed by atoms with Crippen molar-refractivity contribution in [1.29, 1.82) is 0 Å². The number of rotatable bonds is 3. The van der Waals surface area contributed by atoms with Crippen molar-refractivity contribution in [2.45, 2.75) is 12.8 Å². The van der Waals surface area contributed by atoms with Crippen LogP contribution in [0.2, 0.25) is 0 Å². The van der Waals surface area contributed by atoms with Crippen LogP contribution in [0.15, 0.2) is 28.7 Å². The molecule has 0 amide bonds. The average Bonchev–Trinajstić information content (AvgIpc) is 3.01. The van der Waals surface area contributed by atoms with E-state index in [1.807, 2.05) is 31.3 Å². The van der Waals surface area contributed by atoms with E-state index in [0.717, 1.165) is 29.1 Å². The SMILES string of the molecule is CNc1nc(-c2ccccc2Br)nc(N2CCCC2)n1. The van der Waals surface area contributed by atoms with E-state index in [0.29, 0.717) is 11.8 Å². The summed E-state index contributed by atoms with van der Waals surface area (Å²) in [4.78, 5) is 15.8. The molecule has 6 heteroatoms. The highest BCUT2D eigenvalue weighted by molar-refractivity contribution is 9.10. The van der Waals surface area contributed by atoms with Crippen LogP contribution in [0, 0.1) is 0 Å². The molecule has 104 valence electrons. The molecule has 0 saturated carbocycles.